The van der Waals surface area contributed by atoms with Crippen LogP contribution in [-0.4, -0.2) is 36.0 Å². The third kappa shape index (κ3) is 1.57. The molecule has 3 nitrogen and oxygen atoms in total. The Morgan fingerprint density at radius 2 is 2.23 bits per heavy atom. The molecule has 1 amide bonds. The average molecular weight is 182 g/mol. The zero-order valence-corrected chi connectivity index (χ0v) is 8.47. The van der Waals surface area contributed by atoms with Crippen LogP contribution in [0.2, 0.25) is 0 Å². The van der Waals surface area contributed by atoms with E-state index in [2.05, 4.69) is 5.32 Å². The van der Waals surface area contributed by atoms with Gasteiger partial charge in [-0.1, -0.05) is 0 Å². The number of carbonyl (C=O) groups is 1. The number of nitrogens with one attached hydrogen (secondary N) is 1. The molecule has 0 aromatic rings. The van der Waals surface area contributed by atoms with Crippen molar-refractivity contribution in [2.45, 2.75) is 44.2 Å². The fourth-order valence-corrected chi connectivity index (χ4v) is 2.09. The third-order valence-corrected chi connectivity index (χ3v) is 3.26. The molecular formula is C10H18N2O. The van der Waals surface area contributed by atoms with Gasteiger partial charge in [0.15, 0.2) is 0 Å². The van der Waals surface area contributed by atoms with Crippen LogP contribution < -0.4 is 5.32 Å². The molecule has 1 heterocycles. The Morgan fingerprint density at radius 1 is 1.54 bits per heavy atom. The Balaban J connectivity index is 2.01. The van der Waals surface area contributed by atoms with E-state index in [9.17, 15) is 4.79 Å². The Labute approximate surface area is 79.5 Å². The van der Waals surface area contributed by atoms with Gasteiger partial charge in [0, 0.05) is 13.1 Å². The van der Waals surface area contributed by atoms with Crippen molar-refractivity contribution in [3.05, 3.63) is 0 Å². The van der Waals surface area contributed by atoms with Gasteiger partial charge in [0.25, 0.3) is 0 Å². The van der Waals surface area contributed by atoms with E-state index in [0.29, 0.717) is 6.04 Å². The molecule has 0 aromatic carbocycles. The summed E-state index contributed by atoms with van der Waals surface area (Å²) < 4.78 is 0. The first-order valence-corrected chi connectivity index (χ1v) is 5.16. The summed E-state index contributed by atoms with van der Waals surface area (Å²) in [5, 5.41) is 3.31. The van der Waals surface area contributed by atoms with Gasteiger partial charge >= 0.3 is 0 Å². The highest BCUT2D eigenvalue weighted by Crippen LogP contribution is 2.29. The van der Waals surface area contributed by atoms with Crippen LogP contribution in [0, 0.1) is 0 Å². The van der Waals surface area contributed by atoms with E-state index in [0.717, 1.165) is 19.4 Å². The van der Waals surface area contributed by atoms with Crippen LogP contribution in [0.15, 0.2) is 0 Å². The van der Waals surface area contributed by atoms with Crippen molar-refractivity contribution < 1.29 is 4.79 Å². The standard InChI is InChI=1S/C10H18N2O/c1-10(6-3-7-11-10)9(13)12(2)8-4-5-8/h8,11H,3-7H2,1-2H3. The molecule has 13 heavy (non-hydrogen) atoms. The fourth-order valence-electron chi connectivity index (χ4n) is 2.09. The normalized spacial score (nSPS) is 33.4. The van der Waals surface area contributed by atoms with Gasteiger partial charge in [-0.15, -0.1) is 0 Å². The van der Waals surface area contributed by atoms with Gasteiger partial charge in [-0.05, 0) is 39.2 Å². The first-order valence-electron chi connectivity index (χ1n) is 5.16. The molecule has 1 atom stereocenters. The summed E-state index contributed by atoms with van der Waals surface area (Å²) in [6.07, 6.45) is 4.50. The molecule has 1 saturated heterocycles. The van der Waals surface area contributed by atoms with Crippen molar-refractivity contribution in [3.8, 4) is 0 Å². The molecule has 0 radical (unpaired) electrons. The lowest BCUT2D eigenvalue weighted by molar-refractivity contribution is -0.136. The number of carbonyl (C=O) groups excluding carboxylic acids is 1. The van der Waals surface area contributed by atoms with Gasteiger partial charge in [0.2, 0.25) is 5.91 Å². The molecule has 1 saturated carbocycles. The summed E-state index contributed by atoms with van der Waals surface area (Å²) in [6.45, 7) is 3.02. The zero-order chi connectivity index (χ0) is 9.47. The topological polar surface area (TPSA) is 32.3 Å². The van der Waals surface area contributed by atoms with Crippen molar-refractivity contribution in [2.75, 3.05) is 13.6 Å². The maximum atomic E-state index is 12.0. The molecule has 3 heteroatoms. The number of hydrogen-bond donors (Lipinski definition) is 1. The van der Waals surface area contributed by atoms with E-state index in [1.54, 1.807) is 0 Å². The summed E-state index contributed by atoms with van der Waals surface area (Å²) in [5.74, 6) is 0.285. The fraction of sp³-hybridized carbons (Fsp3) is 0.900. The summed E-state index contributed by atoms with van der Waals surface area (Å²) in [6, 6.07) is 0.534. The van der Waals surface area contributed by atoms with E-state index in [1.807, 2.05) is 18.9 Å². The van der Waals surface area contributed by atoms with Crippen molar-refractivity contribution in [3.63, 3.8) is 0 Å². The van der Waals surface area contributed by atoms with Crippen LogP contribution in [0.25, 0.3) is 0 Å². The van der Waals surface area contributed by atoms with E-state index in [1.165, 1.54) is 12.8 Å². The second-order valence-electron chi connectivity index (χ2n) is 4.51. The van der Waals surface area contributed by atoms with Crippen LogP contribution in [0.3, 0.4) is 0 Å². The van der Waals surface area contributed by atoms with Crippen molar-refractivity contribution in [1.82, 2.24) is 10.2 Å². The summed E-state index contributed by atoms with van der Waals surface area (Å²) in [5.41, 5.74) is -0.267. The molecule has 74 valence electrons. The minimum absolute atomic E-state index is 0.267. The van der Waals surface area contributed by atoms with Crippen molar-refractivity contribution in [1.29, 1.82) is 0 Å². The van der Waals surface area contributed by atoms with Gasteiger partial charge in [0.1, 0.15) is 0 Å². The molecule has 2 aliphatic rings. The van der Waals surface area contributed by atoms with E-state index in [-0.39, 0.29) is 11.4 Å². The molecule has 1 N–H and O–H groups in total. The zero-order valence-electron chi connectivity index (χ0n) is 8.47. The minimum atomic E-state index is -0.267. The molecule has 1 aliphatic heterocycles. The molecule has 0 bridgehead atoms. The highest BCUT2D eigenvalue weighted by Gasteiger charge is 2.41. The number of rotatable bonds is 2. The number of nitrogens with zero attached hydrogens (tertiary/aromatic N) is 1. The van der Waals surface area contributed by atoms with E-state index < -0.39 is 0 Å². The van der Waals surface area contributed by atoms with Crippen LogP contribution in [0.4, 0.5) is 0 Å². The lowest BCUT2D eigenvalue weighted by atomic mass is 9.98. The predicted octanol–water partition coefficient (Wildman–Crippen LogP) is 0.749. The van der Waals surface area contributed by atoms with E-state index in [4.69, 9.17) is 0 Å². The smallest absolute Gasteiger partial charge is 0.242 e. The third-order valence-electron chi connectivity index (χ3n) is 3.26. The molecule has 2 fully saturated rings. The van der Waals surface area contributed by atoms with Gasteiger partial charge in [-0.2, -0.15) is 0 Å². The van der Waals surface area contributed by atoms with Crippen molar-refractivity contribution >= 4 is 5.91 Å². The van der Waals surface area contributed by atoms with Crippen LogP contribution in [0.1, 0.15) is 32.6 Å². The molecule has 2 rings (SSSR count). The highest BCUT2D eigenvalue weighted by molar-refractivity contribution is 5.86. The monoisotopic (exact) mass is 182 g/mol. The lowest BCUT2D eigenvalue weighted by Crippen LogP contribution is -2.52. The Hall–Kier alpha value is -0.570. The van der Waals surface area contributed by atoms with E-state index >= 15 is 0 Å². The number of likely N-dealkylation sites (N-methyl/N-ethyl adjacent to an activating group) is 1. The van der Waals surface area contributed by atoms with Gasteiger partial charge in [0.05, 0.1) is 5.54 Å². The SMILES string of the molecule is CN(C(=O)C1(C)CCCN1)C1CC1. The predicted molar refractivity (Wildman–Crippen MR) is 51.4 cm³/mol. The maximum absolute atomic E-state index is 12.0. The summed E-state index contributed by atoms with van der Waals surface area (Å²) in [7, 11) is 1.94. The van der Waals surface area contributed by atoms with Crippen molar-refractivity contribution in [2.24, 2.45) is 0 Å². The molecular weight excluding hydrogens is 164 g/mol. The highest BCUT2D eigenvalue weighted by atomic mass is 16.2. The maximum Gasteiger partial charge on any atom is 0.242 e. The first kappa shape index (κ1) is 9.00. The summed E-state index contributed by atoms with van der Waals surface area (Å²) >= 11 is 0. The van der Waals surface area contributed by atoms with Crippen LogP contribution >= 0.6 is 0 Å². The molecule has 1 unspecified atom stereocenters. The molecule has 0 spiro atoms. The summed E-state index contributed by atoms with van der Waals surface area (Å²) in [4.78, 5) is 13.9. The molecule has 1 aliphatic carbocycles. The lowest BCUT2D eigenvalue weighted by Gasteiger charge is -2.29. The first-order chi connectivity index (χ1) is 6.13. The van der Waals surface area contributed by atoms with Gasteiger partial charge < -0.3 is 10.2 Å². The van der Waals surface area contributed by atoms with Crippen LogP contribution in [0.5, 0.6) is 0 Å². The number of hydrogen-bond acceptors (Lipinski definition) is 2. The quantitative estimate of drug-likeness (QED) is 0.683. The van der Waals surface area contributed by atoms with Crippen LogP contribution in [-0.2, 0) is 4.79 Å². The average Bonchev–Trinajstić information content (AvgIpc) is 2.88. The molecule has 0 aromatic heterocycles. The Morgan fingerprint density at radius 3 is 2.69 bits per heavy atom. The Bertz CT molecular complexity index is 217. The largest absolute Gasteiger partial charge is 0.341 e. The Kier molecular flexibility index (Phi) is 2.06. The van der Waals surface area contributed by atoms with Gasteiger partial charge in [-0.3, -0.25) is 4.79 Å². The minimum Gasteiger partial charge on any atom is -0.341 e. The second-order valence-corrected chi connectivity index (χ2v) is 4.51. The second kappa shape index (κ2) is 2.98. The number of amides is 1. The van der Waals surface area contributed by atoms with Gasteiger partial charge in [-0.25, -0.2) is 0 Å².